The second-order valence-corrected chi connectivity index (χ2v) is 7.41. The highest BCUT2D eigenvalue weighted by molar-refractivity contribution is 6.04. The summed E-state index contributed by atoms with van der Waals surface area (Å²) in [5.74, 6) is 0.0162. The lowest BCUT2D eigenvalue weighted by atomic mass is 9.73. The van der Waals surface area contributed by atoms with Crippen LogP contribution in [0.1, 0.15) is 76.7 Å². The van der Waals surface area contributed by atoms with Crippen molar-refractivity contribution in [2.75, 3.05) is 6.61 Å². The molecule has 1 aromatic heterocycles. The van der Waals surface area contributed by atoms with Gasteiger partial charge in [0, 0.05) is 12.0 Å². The maximum atomic E-state index is 12.7. The van der Waals surface area contributed by atoms with E-state index in [0.29, 0.717) is 29.2 Å². The highest BCUT2D eigenvalue weighted by Gasteiger charge is 2.40. The maximum absolute atomic E-state index is 12.7. The minimum Gasteiger partial charge on any atom is -0.458 e. The van der Waals surface area contributed by atoms with Crippen LogP contribution in [0.5, 0.6) is 0 Å². The number of ketones is 1. The molecule has 2 aliphatic rings. The van der Waals surface area contributed by atoms with Crippen molar-refractivity contribution in [1.29, 1.82) is 0 Å². The first-order valence-corrected chi connectivity index (χ1v) is 8.18. The van der Waals surface area contributed by atoms with Crippen molar-refractivity contribution in [2.24, 2.45) is 5.41 Å². The van der Waals surface area contributed by atoms with Crippen LogP contribution in [0.2, 0.25) is 0 Å². The van der Waals surface area contributed by atoms with Crippen molar-refractivity contribution in [1.82, 2.24) is 4.98 Å². The number of fused-ring (bicyclic) bond motifs is 1. The Kier molecular flexibility index (Phi) is 3.86. The number of esters is 1. The van der Waals surface area contributed by atoms with Gasteiger partial charge in [-0.15, -0.1) is 0 Å². The molecule has 0 amide bonds. The molecule has 0 aliphatic heterocycles. The summed E-state index contributed by atoms with van der Waals surface area (Å²) in [6.07, 6.45) is 4.87. The molecule has 0 aromatic carbocycles. The van der Waals surface area contributed by atoms with E-state index in [1.165, 1.54) is 0 Å². The van der Waals surface area contributed by atoms with Crippen molar-refractivity contribution >= 4 is 11.8 Å². The highest BCUT2D eigenvalue weighted by atomic mass is 16.5. The summed E-state index contributed by atoms with van der Waals surface area (Å²) in [5, 5.41) is 0. The van der Waals surface area contributed by atoms with Gasteiger partial charge in [0.15, 0.2) is 5.78 Å². The Labute approximate surface area is 136 Å². The van der Waals surface area contributed by atoms with Crippen molar-refractivity contribution in [2.45, 2.75) is 52.4 Å². The Morgan fingerprint density at radius 1 is 1.39 bits per heavy atom. The molecule has 4 nitrogen and oxygen atoms in total. The van der Waals surface area contributed by atoms with E-state index >= 15 is 0 Å². The molecular formula is C19H23NO3. The fourth-order valence-corrected chi connectivity index (χ4v) is 3.51. The highest BCUT2D eigenvalue weighted by Crippen LogP contribution is 2.47. The smallest absolute Gasteiger partial charge is 0.340 e. The van der Waals surface area contributed by atoms with E-state index in [2.05, 4.69) is 25.4 Å². The second kappa shape index (κ2) is 5.59. The normalized spacial score (nSPS) is 19.2. The Morgan fingerprint density at radius 2 is 2.09 bits per heavy atom. The molecule has 0 saturated heterocycles. The van der Waals surface area contributed by atoms with Gasteiger partial charge in [-0.3, -0.25) is 9.78 Å². The van der Waals surface area contributed by atoms with Crippen LogP contribution in [-0.2, 0) is 11.2 Å². The van der Waals surface area contributed by atoms with Crippen molar-refractivity contribution in [3.8, 4) is 0 Å². The van der Waals surface area contributed by atoms with E-state index in [0.717, 1.165) is 30.5 Å². The average molecular weight is 313 g/mol. The summed E-state index contributed by atoms with van der Waals surface area (Å²) < 4.78 is 5.24. The van der Waals surface area contributed by atoms with Gasteiger partial charge in [-0.1, -0.05) is 26.5 Å². The molecule has 1 heterocycles. The predicted molar refractivity (Wildman–Crippen MR) is 87.9 cm³/mol. The monoisotopic (exact) mass is 313 g/mol. The van der Waals surface area contributed by atoms with Gasteiger partial charge in [0.1, 0.15) is 6.61 Å². The summed E-state index contributed by atoms with van der Waals surface area (Å²) in [7, 11) is 0. The molecule has 122 valence electrons. The number of hydrogen-bond acceptors (Lipinski definition) is 4. The van der Waals surface area contributed by atoms with Gasteiger partial charge in [-0.2, -0.15) is 0 Å². The van der Waals surface area contributed by atoms with Gasteiger partial charge in [-0.25, -0.2) is 4.79 Å². The predicted octanol–water partition coefficient (Wildman–Crippen LogP) is 3.77. The van der Waals surface area contributed by atoms with Crippen LogP contribution in [-0.4, -0.2) is 23.3 Å². The fraction of sp³-hybridized carbons (Fsp3) is 0.526. The molecular weight excluding hydrogens is 290 g/mol. The minimum absolute atomic E-state index is 0.0742. The fourth-order valence-electron chi connectivity index (χ4n) is 3.51. The third-order valence-corrected chi connectivity index (χ3v) is 4.58. The van der Waals surface area contributed by atoms with Crippen LogP contribution >= 0.6 is 0 Å². The summed E-state index contributed by atoms with van der Waals surface area (Å²) in [5.41, 5.74) is 3.54. The Balaban J connectivity index is 2.15. The van der Waals surface area contributed by atoms with Crippen LogP contribution in [0.4, 0.5) is 0 Å². The van der Waals surface area contributed by atoms with Gasteiger partial charge in [-0.05, 0) is 43.1 Å². The summed E-state index contributed by atoms with van der Waals surface area (Å²) in [6, 6.07) is 0. The van der Waals surface area contributed by atoms with E-state index in [1.54, 1.807) is 6.08 Å². The van der Waals surface area contributed by atoms with Crippen LogP contribution < -0.4 is 0 Å². The maximum Gasteiger partial charge on any atom is 0.340 e. The quantitative estimate of drug-likeness (QED) is 0.627. The standard InChI is InChI=1S/C19H23NO3/c1-5-8-23-18(22)15-11(2)20-13-9-19(3,4)10-14(21)17(13)16(15)12-6-7-12/h5,12H,1,6-10H2,2-4H3. The van der Waals surface area contributed by atoms with Crippen LogP contribution in [0.25, 0.3) is 0 Å². The topological polar surface area (TPSA) is 56.3 Å². The average Bonchev–Trinajstić information content (AvgIpc) is 3.26. The van der Waals surface area contributed by atoms with E-state index in [4.69, 9.17) is 4.74 Å². The van der Waals surface area contributed by atoms with E-state index in [-0.39, 0.29) is 17.8 Å². The first-order chi connectivity index (χ1) is 10.8. The number of aromatic nitrogens is 1. The Hall–Kier alpha value is -1.97. The molecule has 0 atom stereocenters. The molecule has 4 heteroatoms. The number of carbonyl (C=O) groups excluding carboxylic acids is 2. The number of pyridine rings is 1. The molecule has 0 unspecified atom stereocenters. The van der Waals surface area contributed by atoms with Gasteiger partial charge in [0.2, 0.25) is 0 Å². The minimum atomic E-state index is -0.391. The molecule has 1 fully saturated rings. The van der Waals surface area contributed by atoms with E-state index in [9.17, 15) is 9.59 Å². The first-order valence-electron chi connectivity index (χ1n) is 8.18. The molecule has 0 bridgehead atoms. The number of Topliss-reactive ketones (excluding diaryl/α,β-unsaturated/α-hetero) is 1. The van der Waals surface area contributed by atoms with Gasteiger partial charge < -0.3 is 4.74 Å². The number of nitrogens with zero attached hydrogens (tertiary/aromatic N) is 1. The summed E-state index contributed by atoms with van der Waals surface area (Å²) >= 11 is 0. The SMILES string of the molecule is C=CCOC(=O)c1c(C)nc2c(c1C1CC1)C(=O)CC(C)(C)C2. The number of carbonyl (C=O) groups is 2. The molecule has 0 radical (unpaired) electrons. The van der Waals surface area contributed by atoms with Gasteiger partial charge in [0.25, 0.3) is 0 Å². The molecule has 0 spiro atoms. The zero-order valence-corrected chi connectivity index (χ0v) is 14.1. The lowest BCUT2D eigenvalue weighted by Gasteiger charge is -2.31. The van der Waals surface area contributed by atoms with Crippen molar-refractivity contribution in [3.63, 3.8) is 0 Å². The zero-order valence-electron chi connectivity index (χ0n) is 14.1. The number of rotatable bonds is 4. The number of ether oxygens (including phenoxy) is 1. The molecule has 2 aliphatic carbocycles. The number of hydrogen-bond donors (Lipinski definition) is 0. The molecule has 0 N–H and O–H groups in total. The number of aryl methyl sites for hydroxylation is 1. The van der Waals surface area contributed by atoms with Crippen molar-refractivity contribution < 1.29 is 14.3 Å². The van der Waals surface area contributed by atoms with E-state index in [1.807, 2.05) is 6.92 Å². The van der Waals surface area contributed by atoms with Crippen LogP contribution in [0.3, 0.4) is 0 Å². The molecule has 3 rings (SSSR count). The summed E-state index contributed by atoms with van der Waals surface area (Å²) in [4.78, 5) is 29.8. The largest absolute Gasteiger partial charge is 0.458 e. The molecule has 23 heavy (non-hydrogen) atoms. The third-order valence-electron chi connectivity index (χ3n) is 4.58. The second-order valence-electron chi connectivity index (χ2n) is 7.41. The van der Waals surface area contributed by atoms with Crippen LogP contribution in [0, 0.1) is 12.3 Å². The Bertz CT molecular complexity index is 699. The zero-order chi connectivity index (χ0) is 16.8. The first kappa shape index (κ1) is 15.9. The van der Waals surface area contributed by atoms with Gasteiger partial charge in [0.05, 0.1) is 17.0 Å². The Morgan fingerprint density at radius 3 is 2.70 bits per heavy atom. The lowest BCUT2D eigenvalue weighted by molar-refractivity contribution is 0.0547. The van der Waals surface area contributed by atoms with Crippen LogP contribution in [0.15, 0.2) is 12.7 Å². The summed E-state index contributed by atoms with van der Waals surface area (Å²) in [6.45, 7) is 9.76. The molecule has 1 saturated carbocycles. The van der Waals surface area contributed by atoms with Gasteiger partial charge >= 0.3 is 5.97 Å². The van der Waals surface area contributed by atoms with E-state index < -0.39 is 5.97 Å². The molecule has 1 aromatic rings. The lowest BCUT2D eigenvalue weighted by Crippen LogP contribution is -2.30. The third kappa shape index (κ3) is 2.94. The van der Waals surface area contributed by atoms with Crippen molar-refractivity contribution in [3.05, 3.63) is 40.7 Å².